The number of nitrogens with two attached hydrogens (primary N) is 2. The first-order valence-electron chi connectivity index (χ1n) is 10.1. The van der Waals surface area contributed by atoms with E-state index in [9.17, 15) is 39.3 Å². The molecule has 0 heterocycles. The second-order valence-corrected chi connectivity index (χ2v) is 8.98. The third-order valence-electron chi connectivity index (χ3n) is 7.12. The molecule has 33 heavy (non-hydrogen) atoms. The van der Waals surface area contributed by atoms with E-state index in [4.69, 9.17) is 11.5 Å². The number of ketones is 4. The third kappa shape index (κ3) is 2.63. The first kappa shape index (κ1) is 22.8. The van der Waals surface area contributed by atoms with Crippen molar-refractivity contribution in [2.45, 2.75) is 17.7 Å². The van der Waals surface area contributed by atoms with Crippen LogP contribution in [-0.2, 0) is 19.2 Å². The van der Waals surface area contributed by atoms with Crippen molar-refractivity contribution in [1.82, 2.24) is 4.90 Å². The number of nitrogens with zero attached hydrogens (tertiary/aromatic N) is 1. The van der Waals surface area contributed by atoms with Gasteiger partial charge in [0.1, 0.15) is 5.75 Å². The minimum absolute atomic E-state index is 0.0993. The Kier molecular flexibility index (Phi) is 4.86. The lowest BCUT2D eigenvalue weighted by Gasteiger charge is -2.55. The number of Topliss-reactive ketones (excluding diaryl/α,β-unsaturated/α-hetero) is 4. The maximum Gasteiger partial charge on any atom is 0.235 e. The normalized spacial score (nSPS) is 35.8. The predicted molar refractivity (Wildman–Crippen MR) is 112 cm³/mol. The lowest BCUT2D eigenvalue weighted by Crippen LogP contribution is -2.77. The van der Waals surface area contributed by atoms with Gasteiger partial charge in [0.15, 0.2) is 34.7 Å². The molecule has 7 atom stereocenters. The van der Waals surface area contributed by atoms with Gasteiger partial charge in [0.05, 0.1) is 35.2 Å². The van der Waals surface area contributed by atoms with Gasteiger partial charge in [-0.1, -0.05) is 12.6 Å². The van der Waals surface area contributed by atoms with Crippen molar-refractivity contribution in [3.05, 3.63) is 29.8 Å². The van der Waals surface area contributed by atoms with Crippen LogP contribution in [0.4, 0.5) is 5.69 Å². The molecule has 1 aromatic rings. The summed E-state index contributed by atoms with van der Waals surface area (Å²) in [6.45, 7) is 3.89. The smallest absolute Gasteiger partial charge is 0.235 e. The van der Waals surface area contributed by atoms with Crippen LogP contribution in [0.15, 0.2) is 18.7 Å². The number of nitrogen functional groups attached to an aromatic ring is 1. The molecule has 0 spiro atoms. The molecule has 1 amide bonds. The van der Waals surface area contributed by atoms with Gasteiger partial charge < -0.3 is 26.8 Å². The number of phenols is 1. The van der Waals surface area contributed by atoms with Gasteiger partial charge >= 0.3 is 0 Å². The molecule has 174 valence electrons. The van der Waals surface area contributed by atoms with Gasteiger partial charge in [-0.05, 0) is 31.3 Å². The topological polar surface area (TPSA) is 201 Å². The van der Waals surface area contributed by atoms with Crippen LogP contribution in [0.1, 0.15) is 15.9 Å². The fourth-order valence-corrected chi connectivity index (χ4v) is 5.62. The van der Waals surface area contributed by atoms with Gasteiger partial charge in [0.2, 0.25) is 5.91 Å². The number of primary amides is 1. The van der Waals surface area contributed by atoms with Gasteiger partial charge in [-0.3, -0.25) is 28.9 Å². The number of hydrogen-bond acceptors (Lipinski definition) is 10. The van der Waals surface area contributed by atoms with E-state index >= 15 is 0 Å². The largest absolute Gasteiger partial charge is 0.505 e. The molecule has 0 aliphatic heterocycles. The first-order chi connectivity index (χ1) is 15.3. The summed E-state index contributed by atoms with van der Waals surface area (Å²) in [6.07, 6.45) is -1.75. The number of rotatable bonds is 2. The maximum atomic E-state index is 13.6. The molecule has 0 bridgehead atoms. The highest BCUT2D eigenvalue weighted by molar-refractivity contribution is 6.33. The Morgan fingerprint density at radius 2 is 1.76 bits per heavy atom. The molecular formula is C22H23N3O8. The van der Waals surface area contributed by atoms with E-state index in [0.29, 0.717) is 0 Å². The lowest BCUT2D eigenvalue weighted by molar-refractivity contribution is -0.192. The fraction of sp³-hybridized carbons (Fsp3) is 0.409. The number of likely N-dealkylation sites (N-methyl/N-ethyl adjacent to an activating group) is 1. The molecule has 4 rings (SSSR count). The molecule has 2 saturated carbocycles. The minimum Gasteiger partial charge on any atom is -0.505 e. The van der Waals surface area contributed by atoms with E-state index in [1.165, 1.54) is 31.1 Å². The minimum atomic E-state index is -3.05. The van der Waals surface area contributed by atoms with Crippen LogP contribution in [0, 0.1) is 23.7 Å². The van der Waals surface area contributed by atoms with Crippen LogP contribution < -0.4 is 11.5 Å². The van der Waals surface area contributed by atoms with E-state index < -0.39 is 76.2 Å². The summed E-state index contributed by atoms with van der Waals surface area (Å²) in [5, 5.41) is 33.2. The molecule has 3 aliphatic carbocycles. The molecule has 0 aromatic heterocycles. The number of phenolic OH excluding ortho intramolecular Hbond substituents is 1. The number of aromatic hydroxyl groups is 1. The van der Waals surface area contributed by atoms with Crippen LogP contribution in [0.2, 0.25) is 0 Å². The number of carbonyl (C=O) groups is 5. The quantitative estimate of drug-likeness (QED) is 0.186. The van der Waals surface area contributed by atoms with Crippen molar-refractivity contribution in [1.29, 1.82) is 0 Å². The molecule has 1 aromatic carbocycles. The van der Waals surface area contributed by atoms with Crippen LogP contribution in [-0.4, -0.2) is 81.1 Å². The Morgan fingerprint density at radius 1 is 1.15 bits per heavy atom. The number of aliphatic hydroxyl groups is 2. The predicted octanol–water partition coefficient (Wildman–Crippen LogP) is -2.11. The number of amides is 1. The van der Waals surface area contributed by atoms with Crippen LogP contribution in [0.25, 0.3) is 5.57 Å². The second-order valence-electron chi connectivity index (χ2n) is 8.98. The molecule has 11 nitrogen and oxygen atoms in total. The van der Waals surface area contributed by atoms with Crippen LogP contribution >= 0.6 is 0 Å². The highest BCUT2D eigenvalue weighted by atomic mass is 16.3. The summed E-state index contributed by atoms with van der Waals surface area (Å²) in [7, 11) is 2.83. The van der Waals surface area contributed by atoms with Crippen molar-refractivity contribution >= 4 is 40.3 Å². The highest BCUT2D eigenvalue weighted by Gasteiger charge is 2.72. The number of carbonyl (C=O) groups excluding carboxylic acids is 5. The molecule has 11 heteroatoms. The van der Waals surface area contributed by atoms with Crippen molar-refractivity contribution < 1.29 is 39.3 Å². The van der Waals surface area contributed by atoms with Crippen LogP contribution in [0.3, 0.4) is 0 Å². The van der Waals surface area contributed by atoms with Gasteiger partial charge in [0.25, 0.3) is 0 Å². The number of aliphatic hydroxyl groups excluding tert-OH is 1. The van der Waals surface area contributed by atoms with E-state index in [2.05, 4.69) is 6.58 Å². The van der Waals surface area contributed by atoms with Gasteiger partial charge in [0, 0.05) is 5.92 Å². The Hall–Kier alpha value is -3.41. The summed E-state index contributed by atoms with van der Waals surface area (Å²) in [4.78, 5) is 66.4. The molecule has 2 fully saturated rings. The van der Waals surface area contributed by atoms with Crippen molar-refractivity contribution in [3.63, 3.8) is 0 Å². The van der Waals surface area contributed by atoms with Crippen molar-refractivity contribution in [3.8, 4) is 5.75 Å². The maximum absolute atomic E-state index is 13.6. The summed E-state index contributed by atoms with van der Waals surface area (Å²) >= 11 is 0. The van der Waals surface area contributed by atoms with E-state index in [1.807, 2.05) is 0 Å². The van der Waals surface area contributed by atoms with E-state index in [-0.39, 0.29) is 22.4 Å². The van der Waals surface area contributed by atoms with Crippen molar-refractivity contribution in [2.75, 3.05) is 19.8 Å². The Balaban J connectivity index is 1.98. The standard InChI is InChI=1S/C22H23N3O8/c1-6-7-4-5-8(23)15(26)10(7)16(27)11-9(6)17(28)13-14(25(2)3)18(29)12(21(24)32)20(31)22(13,33)19(11)30/h4-5,9,11-14,17,26,28,33H,1,23H2,2-3H3,(H2,24,32)/t9-,11?,12?,13-,14+,17+,22+/m0/s1. The van der Waals surface area contributed by atoms with Crippen LogP contribution in [0.5, 0.6) is 5.75 Å². The molecule has 3 aliphatic rings. The molecule has 2 unspecified atom stereocenters. The molecule has 0 saturated heterocycles. The SMILES string of the molecule is C=C1c2ccc(N)c(O)c2C(=O)C2C(=O)[C@@]3(O)C(=O)C(C(N)=O)C(=O)[C@H](N(C)C)[C@H]3[C@H](O)[C@@H]12. The van der Waals surface area contributed by atoms with Crippen molar-refractivity contribution in [2.24, 2.45) is 29.4 Å². The summed E-state index contributed by atoms with van der Waals surface area (Å²) in [5.74, 6) is -13.6. The Bertz CT molecular complexity index is 1170. The van der Waals surface area contributed by atoms with Gasteiger partial charge in [-0.2, -0.15) is 0 Å². The summed E-state index contributed by atoms with van der Waals surface area (Å²) in [6, 6.07) is 1.30. The molecule has 0 radical (unpaired) electrons. The second kappa shape index (κ2) is 7.04. The zero-order valence-corrected chi connectivity index (χ0v) is 17.8. The number of fused-ring (bicyclic) bond motifs is 3. The first-order valence-corrected chi connectivity index (χ1v) is 10.1. The zero-order valence-electron chi connectivity index (χ0n) is 17.8. The summed E-state index contributed by atoms with van der Waals surface area (Å²) in [5.41, 5.74) is 7.66. The van der Waals surface area contributed by atoms with E-state index in [1.54, 1.807) is 0 Å². The lowest BCUT2D eigenvalue weighted by atomic mass is 9.50. The monoisotopic (exact) mass is 457 g/mol. The summed E-state index contributed by atoms with van der Waals surface area (Å²) < 4.78 is 0. The third-order valence-corrected chi connectivity index (χ3v) is 7.12. The molecule has 7 N–H and O–H groups in total. The highest BCUT2D eigenvalue weighted by Crippen LogP contribution is 2.54. The average Bonchev–Trinajstić information content (AvgIpc) is 2.72. The molecular weight excluding hydrogens is 434 g/mol. The average molecular weight is 457 g/mol. The van der Waals surface area contributed by atoms with E-state index in [0.717, 1.165) is 0 Å². The zero-order chi connectivity index (χ0) is 24.7. The number of benzene rings is 1. The van der Waals surface area contributed by atoms with Gasteiger partial charge in [-0.25, -0.2) is 0 Å². The Morgan fingerprint density at radius 3 is 2.30 bits per heavy atom. The van der Waals surface area contributed by atoms with Gasteiger partial charge in [-0.15, -0.1) is 0 Å². The Labute approximate surface area is 187 Å². The number of anilines is 1. The number of hydrogen-bond donors (Lipinski definition) is 5. The fourth-order valence-electron chi connectivity index (χ4n) is 5.62.